The molecule has 3 aromatic rings. The standard InChI is InChI=1S/C28H32N4O6S/c1-3-26(28(34)29-4-2)30(20-19-22-11-7-5-8-12-22)27(33)21-31(23-15-17-24(18-16-23)32(35)36)39(37,38)25-13-9-6-10-14-25/h5-18,26H,3-4,19-21H2,1-2H3,(H,29,34). The Morgan fingerprint density at radius 3 is 2.05 bits per heavy atom. The number of amides is 2. The largest absolute Gasteiger partial charge is 0.355 e. The van der Waals surface area contributed by atoms with Crippen molar-refractivity contribution in [2.24, 2.45) is 0 Å². The van der Waals surface area contributed by atoms with Crippen molar-refractivity contribution in [2.75, 3.05) is 23.9 Å². The molecule has 0 aliphatic carbocycles. The van der Waals surface area contributed by atoms with Gasteiger partial charge >= 0.3 is 0 Å². The van der Waals surface area contributed by atoms with Crippen molar-refractivity contribution in [1.82, 2.24) is 10.2 Å². The van der Waals surface area contributed by atoms with Crippen LogP contribution in [-0.2, 0) is 26.0 Å². The smallest absolute Gasteiger partial charge is 0.269 e. The number of sulfonamides is 1. The van der Waals surface area contributed by atoms with Gasteiger partial charge in [0.2, 0.25) is 11.8 Å². The second-order valence-corrected chi connectivity index (χ2v) is 10.6. The van der Waals surface area contributed by atoms with Crippen LogP contribution in [0.4, 0.5) is 11.4 Å². The lowest BCUT2D eigenvalue weighted by atomic mass is 10.1. The van der Waals surface area contributed by atoms with E-state index in [1.54, 1.807) is 32.0 Å². The number of likely N-dealkylation sites (N-methyl/N-ethyl adjacent to an activating group) is 1. The fraction of sp³-hybridized carbons (Fsp3) is 0.286. The minimum Gasteiger partial charge on any atom is -0.355 e. The van der Waals surface area contributed by atoms with Gasteiger partial charge < -0.3 is 10.2 Å². The number of benzene rings is 3. The van der Waals surface area contributed by atoms with Crippen molar-refractivity contribution < 1.29 is 22.9 Å². The molecule has 3 aromatic carbocycles. The maximum absolute atomic E-state index is 13.8. The third-order valence-corrected chi connectivity index (χ3v) is 7.97. The fourth-order valence-electron chi connectivity index (χ4n) is 4.18. The minimum absolute atomic E-state index is 0.0391. The summed E-state index contributed by atoms with van der Waals surface area (Å²) >= 11 is 0. The number of hydrogen-bond donors (Lipinski definition) is 1. The highest BCUT2D eigenvalue weighted by Crippen LogP contribution is 2.26. The lowest BCUT2D eigenvalue weighted by molar-refractivity contribution is -0.384. The van der Waals surface area contributed by atoms with E-state index in [1.165, 1.54) is 41.3 Å². The van der Waals surface area contributed by atoms with E-state index in [2.05, 4.69) is 5.32 Å². The van der Waals surface area contributed by atoms with Gasteiger partial charge in [-0.2, -0.15) is 0 Å². The first kappa shape index (κ1) is 29.3. The summed E-state index contributed by atoms with van der Waals surface area (Å²) in [6.45, 7) is 3.55. The van der Waals surface area contributed by atoms with Gasteiger partial charge in [-0.25, -0.2) is 8.42 Å². The first-order valence-corrected chi connectivity index (χ1v) is 14.1. The van der Waals surface area contributed by atoms with Crippen LogP contribution >= 0.6 is 0 Å². The molecule has 1 N–H and O–H groups in total. The molecule has 11 heteroatoms. The van der Waals surface area contributed by atoms with Crippen LogP contribution in [0.5, 0.6) is 0 Å². The molecule has 1 unspecified atom stereocenters. The summed E-state index contributed by atoms with van der Waals surface area (Å²) in [6.07, 6.45) is 0.792. The fourth-order valence-corrected chi connectivity index (χ4v) is 5.61. The summed E-state index contributed by atoms with van der Waals surface area (Å²) in [5.41, 5.74) is 0.839. The second-order valence-electron chi connectivity index (χ2n) is 8.74. The molecule has 206 valence electrons. The molecule has 0 radical (unpaired) electrons. The number of carbonyl (C=O) groups is 2. The van der Waals surface area contributed by atoms with Crippen molar-refractivity contribution in [1.29, 1.82) is 0 Å². The Balaban J connectivity index is 2.01. The number of nitro groups is 1. The van der Waals surface area contributed by atoms with E-state index in [0.717, 1.165) is 9.87 Å². The SMILES string of the molecule is CCNC(=O)C(CC)N(CCc1ccccc1)C(=O)CN(c1ccc([N+](=O)[O-])cc1)S(=O)(=O)c1ccccc1. The average Bonchev–Trinajstić information content (AvgIpc) is 2.95. The van der Waals surface area contributed by atoms with Gasteiger partial charge in [0.25, 0.3) is 15.7 Å². The third kappa shape index (κ3) is 7.41. The number of non-ortho nitro benzene ring substituents is 1. The quantitative estimate of drug-likeness (QED) is 0.254. The Hall–Kier alpha value is -4.25. The number of anilines is 1. The van der Waals surface area contributed by atoms with Crippen molar-refractivity contribution in [3.63, 3.8) is 0 Å². The molecule has 0 saturated heterocycles. The molecule has 0 aliphatic heterocycles. The molecule has 0 aliphatic rings. The molecular weight excluding hydrogens is 520 g/mol. The molecule has 0 bridgehead atoms. The molecule has 0 saturated carbocycles. The van der Waals surface area contributed by atoms with Gasteiger partial charge in [-0.05, 0) is 49.6 Å². The first-order valence-electron chi connectivity index (χ1n) is 12.6. The Kier molecular flexibility index (Phi) is 10.2. The Labute approximate surface area is 228 Å². The highest BCUT2D eigenvalue weighted by molar-refractivity contribution is 7.92. The highest BCUT2D eigenvalue weighted by atomic mass is 32.2. The lowest BCUT2D eigenvalue weighted by Gasteiger charge is -2.33. The number of nitrogens with zero attached hydrogens (tertiary/aromatic N) is 3. The van der Waals surface area contributed by atoms with Gasteiger partial charge in [-0.3, -0.25) is 24.0 Å². The van der Waals surface area contributed by atoms with E-state index in [9.17, 15) is 28.1 Å². The first-order chi connectivity index (χ1) is 18.7. The van der Waals surface area contributed by atoms with Crippen molar-refractivity contribution >= 4 is 33.2 Å². The Bertz CT molecular complexity index is 1370. The molecule has 0 fully saturated rings. The van der Waals surface area contributed by atoms with Crippen LogP contribution in [0.2, 0.25) is 0 Å². The summed E-state index contributed by atoms with van der Waals surface area (Å²) in [7, 11) is -4.23. The maximum atomic E-state index is 13.8. The molecule has 3 rings (SSSR count). The topological polar surface area (TPSA) is 130 Å². The van der Waals surface area contributed by atoms with Crippen LogP contribution in [0.15, 0.2) is 89.8 Å². The molecular formula is C28H32N4O6S. The maximum Gasteiger partial charge on any atom is 0.269 e. The zero-order valence-electron chi connectivity index (χ0n) is 21.9. The Morgan fingerprint density at radius 1 is 0.923 bits per heavy atom. The molecule has 0 spiro atoms. The van der Waals surface area contributed by atoms with Crippen LogP contribution in [0.25, 0.3) is 0 Å². The molecule has 2 amide bonds. The molecule has 10 nitrogen and oxygen atoms in total. The van der Waals surface area contributed by atoms with Crippen molar-refractivity contribution in [2.45, 2.75) is 37.6 Å². The van der Waals surface area contributed by atoms with E-state index in [1.807, 2.05) is 30.3 Å². The van der Waals surface area contributed by atoms with E-state index in [-0.39, 0.29) is 28.7 Å². The zero-order chi connectivity index (χ0) is 28.4. The normalized spacial score (nSPS) is 11.8. The summed E-state index contributed by atoms with van der Waals surface area (Å²) in [5.74, 6) is -0.892. The van der Waals surface area contributed by atoms with Crippen molar-refractivity contribution in [3.05, 3.63) is 101 Å². The van der Waals surface area contributed by atoms with Crippen molar-refractivity contribution in [3.8, 4) is 0 Å². The number of rotatable bonds is 13. The summed E-state index contributed by atoms with van der Waals surface area (Å²) in [5, 5.41) is 13.9. The van der Waals surface area contributed by atoms with E-state index >= 15 is 0 Å². The summed E-state index contributed by atoms with van der Waals surface area (Å²) < 4.78 is 28.3. The van der Waals surface area contributed by atoms with Crippen LogP contribution in [0.3, 0.4) is 0 Å². The highest BCUT2D eigenvalue weighted by Gasteiger charge is 2.33. The van der Waals surface area contributed by atoms with Crippen LogP contribution in [-0.4, -0.2) is 55.7 Å². The van der Waals surface area contributed by atoms with Gasteiger partial charge in [-0.15, -0.1) is 0 Å². The third-order valence-electron chi connectivity index (χ3n) is 6.18. The predicted molar refractivity (Wildman–Crippen MR) is 149 cm³/mol. The van der Waals surface area contributed by atoms with Gasteiger partial charge in [0, 0.05) is 25.2 Å². The molecule has 0 heterocycles. The average molecular weight is 553 g/mol. The van der Waals surface area contributed by atoms with Gasteiger partial charge in [0.05, 0.1) is 15.5 Å². The van der Waals surface area contributed by atoms with Crippen LogP contribution in [0, 0.1) is 10.1 Å². The van der Waals surface area contributed by atoms with E-state index in [4.69, 9.17) is 0 Å². The van der Waals surface area contributed by atoms with Crippen LogP contribution < -0.4 is 9.62 Å². The Morgan fingerprint density at radius 2 is 1.51 bits per heavy atom. The molecule has 1 atom stereocenters. The van der Waals surface area contributed by atoms with Gasteiger partial charge in [-0.1, -0.05) is 55.5 Å². The summed E-state index contributed by atoms with van der Waals surface area (Å²) in [6, 6.07) is 21.2. The van der Waals surface area contributed by atoms with E-state index < -0.39 is 33.4 Å². The molecule has 0 aromatic heterocycles. The number of nitro benzene ring substituents is 1. The summed E-state index contributed by atoms with van der Waals surface area (Å²) in [4.78, 5) is 38.7. The van der Waals surface area contributed by atoms with Gasteiger partial charge in [0.15, 0.2) is 0 Å². The monoisotopic (exact) mass is 552 g/mol. The number of nitrogens with one attached hydrogen (secondary N) is 1. The van der Waals surface area contributed by atoms with E-state index in [0.29, 0.717) is 19.4 Å². The second kappa shape index (κ2) is 13.5. The minimum atomic E-state index is -4.23. The molecule has 39 heavy (non-hydrogen) atoms. The number of carbonyl (C=O) groups excluding carboxylic acids is 2. The zero-order valence-corrected chi connectivity index (χ0v) is 22.7. The van der Waals surface area contributed by atoms with Gasteiger partial charge in [0.1, 0.15) is 12.6 Å². The predicted octanol–water partition coefficient (Wildman–Crippen LogP) is 3.78. The number of hydrogen-bond acceptors (Lipinski definition) is 6. The van der Waals surface area contributed by atoms with Crippen LogP contribution in [0.1, 0.15) is 25.8 Å². The lowest BCUT2D eigenvalue weighted by Crippen LogP contribution is -2.53.